The third kappa shape index (κ3) is 3.67. The van der Waals surface area contributed by atoms with Gasteiger partial charge in [-0.25, -0.2) is 0 Å². The van der Waals surface area contributed by atoms with E-state index in [2.05, 4.69) is 15.6 Å². The Labute approximate surface area is 150 Å². The predicted molar refractivity (Wildman–Crippen MR) is 98.8 cm³/mol. The first-order valence-electron chi connectivity index (χ1n) is 7.92. The number of nitrogens with one attached hydrogen (secondary N) is 3. The molecular formula is C19H18ClN3O2. The summed E-state index contributed by atoms with van der Waals surface area (Å²) >= 11 is 6.07. The Kier molecular flexibility index (Phi) is 5.05. The fraction of sp³-hybridized carbons (Fsp3) is 0.158. The smallest absolute Gasteiger partial charge is 0.253 e. The average Bonchev–Trinajstić information content (AvgIpc) is 3.04. The number of likely N-dealkylation sites (N-methyl/N-ethyl adjacent to an activating group) is 1. The number of para-hydroxylation sites is 1. The molecule has 1 heterocycles. The number of rotatable bonds is 5. The molecule has 0 spiro atoms. The zero-order valence-electron chi connectivity index (χ0n) is 13.7. The molecule has 0 saturated carbocycles. The summed E-state index contributed by atoms with van der Waals surface area (Å²) in [6.45, 7) is 0. The lowest BCUT2D eigenvalue weighted by atomic mass is 10.0. The van der Waals surface area contributed by atoms with Crippen LogP contribution in [0, 0.1) is 0 Å². The first-order valence-corrected chi connectivity index (χ1v) is 8.30. The topological polar surface area (TPSA) is 74.0 Å². The highest BCUT2D eigenvalue weighted by molar-refractivity contribution is 6.33. The standard InChI is InChI=1S/C19H18ClN3O2/c1-21-19(25)17(23-18(24)14-7-2-4-8-15(14)20)10-12-11-22-16-9-5-3-6-13(12)16/h2-9,11,17,22H,10H2,1H3,(H,21,25)(H,23,24)/t17-/m0/s1. The highest BCUT2D eigenvalue weighted by atomic mass is 35.5. The highest BCUT2D eigenvalue weighted by Crippen LogP contribution is 2.20. The first kappa shape index (κ1) is 17.0. The molecule has 0 aliphatic carbocycles. The van der Waals surface area contributed by atoms with Gasteiger partial charge < -0.3 is 15.6 Å². The number of hydrogen-bond donors (Lipinski definition) is 3. The van der Waals surface area contributed by atoms with E-state index in [-0.39, 0.29) is 11.8 Å². The normalized spacial score (nSPS) is 11.9. The molecule has 0 aliphatic heterocycles. The van der Waals surface area contributed by atoms with Gasteiger partial charge in [-0.1, -0.05) is 41.9 Å². The van der Waals surface area contributed by atoms with Crippen molar-refractivity contribution in [3.05, 3.63) is 70.9 Å². The van der Waals surface area contributed by atoms with Crippen molar-refractivity contribution in [3.63, 3.8) is 0 Å². The Bertz CT molecular complexity index is 920. The van der Waals surface area contributed by atoms with Crippen LogP contribution in [0.25, 0.3) is 10.9 Å². The molecule has 3 N–H and O–H groups in total. The minimum atomic E-state index is -0.701. The number of carbonyl (C=O) groups excluding carboxylic acids is 2. The van der Waals surface area contributed by atoms with E-state index in [0.29, 0.717) is 17.0 Å². The molecule has 25 heavy (non-hydrogen) atoms. The molecule has 0 fully saturated rings. The van der Waals surface area contributed by atoms with Gasteiger partial charge in [0.2, 0.25) is 5.91 Å². The summed E-state index contributed by atoms with van der Waals surface area (Å²) in [6.07, 6.45) is 2.24. The summed E-state index contributed by atoms with van der Waals surface area (Å²) in [5.41, 5.74) is 2.30. The number of amides is 2. The van der Waals surface area contributed by atoms with Crippen LogP contribution in [0.2, 0.25) is 5.02 Å². The lowest BCUT2D eigenvalue weighted by Crippen LogP contribution is -2.47. The average molecular weight is 356 g/mol. The van der Waals surface area contributed by atoms with E-state index >= 15 is 0 Å². The van der Waals surface area contributed by atoms with E-state index in [1.807, 2.05) is 30.5 Å². The minimum Gasteiger partial charge on any atom is -0.361 e. The molecule has 2 aromatic carbocycles. The van der Waals surface area contributed by atoms with Crippen molar-refractivity contribution in [3.8, 4) is 0 Å². The quantitative estimate of drug-likeness (QED) is 0.658. The summed E-state index contributed by atoms with van der Waals surface area (Å²) in [6, 6.07) is 13.9. The molecule has 128 valence electrons. The van der Waals surface area contributed by atoms with Gasteiger partial charge in [-0.15, -0.1) is 0 Å². The molecular weight excluding hydrogens is 338 g/mol. The number of halogens is 1. The molecule has 3 aromatic rings. The van der Waals surface area contributed by atoms with Gasteiger partial charge in [-0.3, -0.25) is 9.59 Å². The maximum Gasteiger partial charge on any atom is 0.253 e. The summed E-state index contributed by atoms with van der Waals surface area (Å²) < 4.78 is 0. The van der Waals surface area contributed by atoms with Gasteiger partial charge in [-0.2, -0.15) is 0 Å². The van der Waals surface area contributed by atoms with Crippen molar-refractivity contribution >= 4 is 34.3 Å². The van der Waals surface area contributed by atoms with Gasteiger partial charge >= 0.3 is 0 Å². The third-order valence-corrected chi connectivity index (χ3v) is 4.42. The molecule has 0 radical (unpaired) electrons. The van der Waals surface area contributed by atoms with Gasteiger partial charge in [0.25, 0.3) is 5.91 Å². The molecule has 0 saturated heterocycles. The van der Waals surface area contributed by atoms with Crippen molar-refractivity contribution in [2.45, 2.75) is 12.5 Å². The van der Waals surface area contributed by atoms with E-state index in [1.54, 1.807) is 31.3 Å². The number of fused-ring (bicyclic) bond motifs is 1. The number of H-pyrrole nitrogens is 1. The van der Waals surface area contributed by atoms with E-state index in [1.165, 1.54) is 0 Å². The van der Waals surface area contributed by atoms with Crippen molar-refractivity contribution in [1.29, 1.82) is 0 Å². The lowest BCUT2D eigenvalue weighted by molar-refractivity contribution is -0.122. The van der Waals surface area contributed by atoms with Crippen LogP contribution in [0.5, 0.6) is 0 Å². The molecule has 5 nitrogen and oxygen atoms in total. The van der Waals surface area contributed by atoms with Gasteiger partial charge in [0.05, 0.1) is 10.6 Å². The van der Waals surface area contributed by atoms with Crippen LogP contribution < -0.4 is 10.6 Å². The second-order valence-electron chi connectivity index (χ2n) is 5.68. The van der Waals surface area contributed by atoms with Gasteiger partial charge in [0.1, 0.15) is 6.04 Å². The van der Waals surface area contributed by atoms with Crippen LogP contribution in [0.1, 0.15) is 15.9 Å². The van der Waals surface area contributed by atoms with Crippen molar-refractivity contribution in [2.24, 2.45) is 0 Å². The van der Waals surface area contributed by atoms with Crippen molar-refractivity contribution in [2.75, 3.05) is 7.05 Å². The fourth-order valence-corrected chi connectivity index (χ4v) is 3.01. The monoisotopic (exact) mass is 355 g/mol. The number of aromatic amines is 1. The molecule has 3 rings (SSSR count). The Morgan fingerprint density at radius 1 is 1.12 bits per heavy atom. The SMILES string of the molecule is CNC(=O)[C@H](Cc1c[nH]c2ccccc12)NC(=O)c1ccccc1Cl. The van der Waals surface area contributed by atoms with Crippen LogP contribution in [0.15, 0.2) is 54.7 Å². The second-order valence-corrected chi connectivity index (χ2v) is 6.09. The maximum atomic E-state index is 12.5. The second kappa shape index (κ2) is 7.40. The number of aromatic nitrogens is 1. The highest BCUT2D eigenvalue weighted by Gasteiger charge is 2.23. The molecule has 0 unspecified atom stereocenters. The summed E-state index contributed by atoms with van der Waals surface area (Å²) in [5, 5.41) is 6.76. The van der Waals surface area contributed by atoms with Crippen LogP contribution in [0.4, 0.5) is 0 Å². The van der Waals surface area contributed by atoms with Crippen LogP contribution in [-0.2, 0) is 11.2 Å². The molecule has 1 atom stereocenters. The van der Waals surface area contributed by atoms with Crippen molar-refractivity contribution in [1.82, 2.24) is 15.6 Å². The number of benzene rings is 2. The van der Waals surface area contributed by atoms with Gasteiger partial charge in [0, 0.05) is 30.6 Å². The van der Waals surface area contributed by atoms with Crippen molar-refractivity contribution < 1.29 is 9.59 Å². The molecule has 6 heteroatoms. The van der Waals surface area contributed by atoms with Crippen LogP contribution in [-0.4, -0.2) is 29.9 Å². The molecule has 0 aliphatic rings. The Balaban J connectivity index is 1.84. The Morgan fingerprint density at radius 3 is 2.60 bits per heavy atom. The molecule has 1 aromatic heterocycles. The van der Waals surface area contributed by atoms with E-state index < -0.39 is 6.04 Å². The first-order chi connectivity index (χ1) is 12.1. The number of carbonyl (C=O) groups is 2. The zero-order valence-corrected chi connectivity index (χ0v) is 14.4. The van der Waals surface area contributed by atoms with Gasteiger partial charge in [0.15, 0.2) is 0 Å². The van der Waals surface area contributed by atoms with E-state index in [0.717, 1.165) is 16.5 Å². The summed E-state index contributed by atoms with van der Waals surface area (Å²) in [7, 11) is 1.55. The van der Waals surface area contributed by atoms with Crippen LogP contribution >= 0.6 is 11.6 Å². The fourth-order valence-electron chi connectivity index (χ4n) is 2.79. The molecule has 0 bridgehead atoms. The zero-order chi connectivity index (χ0) is 17.8. The lowest BCUT2D eigenvalue weighted by Gasteiger charge is -2.17. The maximum absolute atomic E-state index is 12.5. The molecule has 2 amide bonds. The largest absolute Gasteiger partial charge is 0.361 e. The summed E-state index contributed by atoms with van der Waals surface area (Å²) in [4.78, 5) is 27.9. The number of hydrogen-bond acceptors (Lipinski definition) is 2. The predicted octanol–water partition coefficient (Wildman–Crippen LogP) is 2.91. The Hall–Kier alpha value is -2.79. The Morgan fingerprint density at radius 2 is 1.84 bits per heavy atom. The van der Waals surface area contributed by atoms with Crippen LogP contribution in [0.3, 0.4) is 0 Å². The van der Waals surface area contributed by atoms with E-state index in [9.17, 15) is 9.59 Å². The third-order valence-electron chi connectivity index (χ3n) is 4.09. The summed E-state index contributed by atoms with van der Waals surface area (Å²) in [5.74, 6) is -0.635. The van der Waals surface area contributed by atoms with E-state index in [4.69, 9.17) is 11.6 Å². The van der Waals surface area contributed by atoms with Gasteiger partial charge in [-0.05, 0) is 23.8 Å². The minimum absolute atomic E-state index is 0.259.